The molecule has 4 aromatic carbocycles. The molecule has 0 aromatic heterocycles. The van der Waals surface area contributed by atoms with Crippen LogP contribution in [0, 0.1) is 0 Å². The van der Waals surface area contributed by atoms with Crippen molar-refractivity contribution in [3.8, 4) is 11.1 Å². The van der Waals surface area contributed by atoms with Crippen LogP contribution in [0.2, 0.25) is 0 Å². The quantitative estimate of drug-likeness (QED) is 0.296. The summed E-state index contributed by atoms with van der Waals surface area (Å²) in [4.78, 5) is 0. The highest BCUT2D eigenvalue weighted by atomic mass is 16.7. The van der Waals surface area contributed by atoms with Crippen LogP contribution in [-0.2, 0) is 9.31 Å². The fourth-order valence-electron chi connectivity index (χ4n) is 4.69. The summed E-state index contributed by atoms with van der Waals surface area (Å²) in [6, 6.07) is 19.9. The molecular weight excluding hydrogens is 331 g/mol. The average Bonchev–Trinajstić information content (AvgIpc) is 3.09. The SMILES string of the molecule is CC1(C)OB(c2ccc3ccc4ccc5cccc6c5c4c3c2-6)OC1(C)C. The zero-order valence-corrected chi connectivity index (χ0v) is 16.1. The van der Waals surface area contributed by atoms with Gasteiger partial charge in [-0.15, -0.1) is 0 Å². The van der Waals surface area contributed by atoms with E-state index in [0.717, 1.165) is 5.46 Å². The third kappa shape index (κ3) is 1.84. The first-order chi connectivity index (χ1) is 12.9. The van der Waals surface area contributed by atoms with E-state index in [1.165, 1.54) is 43.4 Å². The lowest BCUT2D eigenvalue weighted by atomic mass is 9.73. The van der Waals surface area contributed by atoms with Crippen LogP contribution >= 0.6 is 0 Å². The zero-order chi connectivity index (χ0) is 18.6. The first-order valence-corrected chi connectivity index (χ1v) is 9.64. The van der Waals surface area contributed by atoms with Crippen LogP contribution in [-0.4, -0.2) is 18.3 Å². The molecule has 0 unspecified atom stereocenters. The molecule has 0 spiro atoms. The van der Waals surface area contributed by atoms with Crippen molar-refractivity contribution >= 4 is 44.9 Å². The third-order valence-electron chi connectivity index (χ3n) is 6.82. The van der Waals surface area contributed by atoms with Crippen molar-refractivity contribution in [2.45, 2.75) is 38.9 Å². The van der Waals surface area contributed by atoms with E-state index in [1.807, 2.05) is 0 Å². The summed E-state index contributed by atoms with van der Waals surface area (Å²) in [7, 11) is -0.353. The molecule has 0 bridgehead atoms. The Hall–Kier alpha value is -2.36. The van der Waals surface area contributed by atoms with Gasteiger partial charge in [0, 0.05) is 0 Å². The third-order valence-corrected chi connectivity index (χ3v) is 6.82. The summed E-state index contributed by atoms with van der Waals surface area (Å²) < 4.78 is 12.8. The van der Waals surface area contributed by atoms with Gasteiger partial charge in [0.25, 0.3) is 0 Å². The van der Waals surface area contributed by atoms with Crippen molar-refractivity contribution in [1.82, 2.24) is 0 Å². The summed E-state index contributed by atoms with van der Waals surface area (Å²) in [6.07, 6.45) is 0. The predicted molar refractivity (Wildman–Crippen MR) is 114 cm³/mol. The lowest BCUT2D eigenvalue weighted by Crippen LogP contribution is -2.41. The van der Waals surface area contributed by atoms with E-state index < -0.39 is 0 Å². The van der Waals surface area contributed by atoms with Gasteiger partial charge < -0.3 is 9.31 Å². The number of benzene rings is 4. The Kier molecular flexibility index (Phi) is 2.75. The van der Waals surface area contributed by atoms with Crippen LogP contribution in [0.3, 0.4) is 0 Å². The highest BCUT2D eigenvalue weighted by Crippen LogP contribution is 2.47. The van der Waals surface area contributed by atoms with E-state index in [4.69, 9.17) is 9.31 Å². The predicted octanol–water partition coefficient (Wildman–Crippen LogP) is 5.43. The zero-order valence-electron chi connectivity index (χ0n) is 16.1. The lowest BCUT2D eigenvalue weighted by Gasteiger charge is -2.32. The van der Waals surface area contributed by atoms with Crippen molar-refractivity contribution < 1.29 is 9.31 Å². The normalized spacial score (nSPS) is 19.3. The minimum atomic E-state index is -0.353. The van der Waals surface area contributed by atoms with Gasteiger partial charge in [-0.2, -0.15) is 0 Å². The maximum Gasteiger partial charge on any atom is 0.495 e. The molecule has 0 radical (unpaired) electrons. The fourth-order valence-corrected chi connectivity index (χ4v) is 4.69. The van der Waals surface area contributed by atoms with Gasteiger partial charge >= 0.3 is 7.12 Å². The summed E-state index contributed by atoms with van der Waals surface area (Å²) in [5.41, 5.74) is 3.03. The Morgan fingerprint density at radius 2 is 1.19 bits per heavy atom. The molecule has 0 atom stereocenters. The molecule has 2 aliphatic rings. The van der Waals surface area contributed by atoms with Gasteiger partial charge in [-0.1, -0.05) is 54.6 Å². The summed E-state index contributed by atoms with van der Waals surface area (Å²) in [5.74, 6) is 0. The van der Waals surface area contributed by atoms with Crippen molar-refractivity contribution in [3.05, 3.63) is 54.6 Å². The number of hydrogen-bond donors (Lipinski definition) is 0. The topological polar surface area (TPSA) is 18.5 Å². The van der Waals surface area contributed by atoms with Crippen LogP contribution in [0.25, 0.3) is 43.4 Å². The fraction of sp³-hybridized carbons (Fsp3) is 0.250. The highest BCUT2D eigenvalue weighted by Gasteiger charge is 2.52. The molecule has 6 rings (SSSR count). The molecule has 3 heteroatoms. The first-order valence-electron chi connectivity index (χ1n) is 9.64. The number of fused-ring (bicyclic) bond motifs is 1. The second-order valence-corrected chi connectivity index (χ2v) is 8.85. The largest absolute Gasteiger partial charge is 0.495 e. The molecule has 0 amide bonds. The molecule has 0 saturated carbocycles. The van der Waals surface area contributed by atoms with Gasteiger partial charge in [-0.25, -0.2) is 0 Å². The van der Waals surface area contributed by atoms with Gasteiger partial charge in [0.05, 0.1) is 11.2 Å². The maximum absolute atomic E-state index is 6.42. The molecule has 132 valence electrons. The van der Waals surface area contributed by atoms with Crippen LogP contribution in [0.5, 0.6) is 0 Å². The summed E-state index contributed by atoms with van der Waals surface area (Å²) in [6.45, 7) is 8.45. The second-order valence-electron chi connectivity index (χ2n) is 8.85. The van der Waals surface area contributed by atoms with E-state index >= 15 is 0 Å². The van der Waals surface area contributed by atoms with Crippen LogP contribution in [0.4, 0.5) is 0 Å². The molecule has 4 aromatic rings. The van der Waals surface area contributed by atoms with Crippen molar-refractivity contribution in [2.24, 2.45) is 0 Å². The van der Waals surface area contributed by atoms with Gasteiger partial charge in [-0.05, 0) is 76.6 Å². The highest BCUT2D eigenvalue weighted by molar-refractivity contribution is 6.65. The molecule has 1 heterocycles. The molecular formula is C24H21BO2. The Labute approximate surface area is 159 Å². The van der Waals surface area contributed by atoms with Gasteiger partial charge in [-0.3, -0.25) is 0 Å². The average molecular weight is 352 g/mol. The molecule has 2 nitrogen and oxygen atoms in total. The molecule has 27 heavy (non-hydrogen) atoms. The van der Waals surface area contributed by atoms with Gasteiger partial charge in [0.1, 0.15) is 0 Å². The smallest absolute Gasteiger partial charge is 0.399 e. The number of rotatable bonds is 1. The van der Waals surface area contributed by atoms with Gasteiger partial charge in [0.2, 0.25) is 0 Å². The second kappa shape index (κ2) is 4.73. The molecule has 1 aliphatic carbocycles. The van der Waals surface area contributed by atoms with E-state index in [-0.39, 0.29) is 18.3 Å². The molecule has 1 aliphatic heterocycles. The molecule has 1 fully saturated rings. The standard InChI is InChI=1S/C24H21BO2/c1-23(2)24(3,4)27-25(26-23)18-13-12-16-11-10-15-9-8-14-6-5-7-17-19(14)20(15)21(16)22(17)18/h5-13H,1-4H3. The minimum Gasteiger partial charge on any atom is -0.399 e. The Balaban J connectivity index is 1.71. The monoisotopic (exact) mass is 352 g/mol. The van der Waals surface area contributed by atoms with E-state index in [9.17, 15) is 0 Å². The Morgan fingerprint density at radius 3 is 1.85 bits per heavy atom. The summed E-state index contributed by atoms with van der Waals surface area (Å²) in [5, 5.41) is 7.94. The molecule has 0 N–H and O–H groups in total. The maximum atomic E-state index is 6.42. The van der Waals surface area contributed by atoms with E-state index in [2.05, 4.69) is 82.3 Å². The van der Waals surface area contributed by atoms with Gasteiger partial charge in [0.15, 0.2) is 0 Å². The van der Waals surface area contributed by atoms with Crippen LogP contribution < -0.4 is 5.46 Å². The van der Waals surface area contributed by atoms with Crippen molar-refractivity contribution in [2.75, 3.05) is 0 Å². The van der Waals surface area contributed by atoms with Crippen molar-refractivity contribution in [3.63, 3.8) is 0 Å². The van der Waals surface area contributed by atoms with Crippen molar-refractivity contribution in [1.29, 1.82) is 0 Å². The number of hydrogen-bond acceptors (Lipinski definition) is 2. The van der Waals surface area contributed by atoms with Crippen LogP contribution in [0.1, 0.15) is 27.7 Å². The molecule has 1 saturated heterocycles. The van der Waals surface area contributed by atoms with Crippen LogP contribution in [0.15, 0.2) is 54.6 Å². The first kappa shape index (κ1) is 15.7. The minimum absolute atomic E-state index is 0.344. The Morgan fingerprint density at radius 1 is 0.630 bits per heavy atom. The lowest BCUT2D eigenvalue weighted by molar-refractivity contribution is 0.00578. The summed E-state index contributed by atoms with van der Waals surface area (Å²) >= 11 is 0. The van der Waals surface area contributed by atoms with E-state index in [0.29, 0.717) is 0 Å². The van der Waals surface area contributed by atoms with E-state index in [1.54, 1.807) is 0 Å². The Bertz CT molecular complexity index is 1270.